The molecule has 5 heteroatoms. The fraction of sp³-hybridized carbons (Fsp3) is 0. The number of benzene rings is 4. The zero-order valence-electron chi connectivity index (χ0n) is 16.7. The van der Waals surface area contributed by atoms with Crippen LogP contribution < -0.4 is 16.0 Å². The van der Waals surface area contributed by atoms with Crippen LogP contribution in [0, 0.1) is 0 Å². The van der Waals surface area contributed by atoms with Crippen molar-refractivity contribution in [1.29, 1.82) is 0 Å². The summed E-state index contributed by atoms with van der Waals surface area (Å²) in [5, 5.41) is 2.82. The van der Waals surface area contributed by atoms with E-state index in [1.165, 1.54) is 0 Å². The van der Waals surface area contributed by atoms with Crippen LogP contribution in [0.15, 0.2) is 109 Å². The van der Waals surface area contributed by atoms with Gasteiger partial charge in [0.25, 0.3) is 11.8 Å². The molecule has 0 spiro atoms. The fourth-order valence-corrected chi connectivity index (χ4v) is 3.34. The highest BCUT2D eigenvalue weighted by Gasteiger charge is 2.24. The fourth-order valence-electron chi connectivity index (χ4n) is 3.34. The second kappa shape index (κ2) is 8.97. The Kier molecular flexibility index (Phi) is 5.76. The first kappa shape index (κ1) is 19.9. The van der Waals surface area contributed by atoms with Crippen LogP contribution in [0.25, 0.3) is 0 Å². The number of carbonyl (C=O) groups is 2. The zero-order chi connectivity index (χ0) is 21.6. The molecule has 0 aliphatic carbocycles. The van der Waals surface area contributed by atoms with Gasteiger partial charge in [-0.1, -0.05) is 54.6 Å². The second-order valence-electron chi connectivity index (χ2n) is 6.94. The first-order valence-corrected chi connectivity index (χ1v) is 9.84. The SMILES string of the molecule is Nc1cccc(NC(=O)c2ccccc2C(=O)N(c2ccccc2)c2ccccc2)c1. The van der Waals surface area contributed by atoms with Crippen molar-refractivity contribution in [2.75, 3.05) is 16.0 Å². The van der Waals surface area contributed by atoms with E-state index in [0.717, 1.165) is 0 Å². The van der Waals surface area contributed by atoms with E-state index in [-0.39, 0.29) is 17.4 Å². The van der Waals surface area contributed by atoms with Gasteiger partial charge < -0.3 is 11.1 Å². The number of nitrogens with two attached hydrogens (primary N) is 1. The highest BCUT2D eigenvalue weighted by atomic mass is 16.2. The Bertz CT molecular complexity index is 1170. The molecule has 4 aromatic rings. The number of carbonyl (C=O) groups excluding carboxylic acids is 2. The molecule has 0 aromatic heterocycles. The minimum absolute atomic E-state index is 0.284. The summed E-state index contributed by atoms with van der Waals surface area (Å²) in [5.41, 5.74) is 8.93. The summed E-state index contributed by atoms with van der Waals surface area (Å²) >= 11 is 0. The van der Waals surface area contributed by atoms with Crippen LogP contribution >= 0.6 is 0 Å². The molecule has 0 unspecified atom stereocenters. The number of hydrogen-bond donors (Lipinski definition) is 2. The van der Waals surface area contributed by atoms with Crippen molar-refractivity contribution in [1.82, 2.24) is 0 Å². The van der Waals surface area contributed by atoms with Gasteiger partial charge in [0.15, 0.2) is 0 Å². The van der Waals surface area contributed by atoms with Crippen LogP contribution in [-0.2, 0) is 0 Å². The summed E-state index contributed by atoms with van der Waals surface area (Å²) in [7, 11) is 0. The predicted molar refractivity (Wildman–Crippen MR) is 125 cm³/mol. The van der Waals surface area contributed by atoms with E-state index < -0.39 is 0 Å². The topological polar surface area (TPSA) is 75.4 Å². The van der Waals surface area contributed by atoms with Crippen LogP contribution in [0.3, 0.4) is 0 Å². The van der Waals surface area contributed by atoms with Gasteiger partial charge in [-0.3, -0.25) is 14.5 Å². The molecule has 0 radical (unpaired) electrons. The van der Waals surface area contributed by atoms with Crippen LogP contribution in [0.5, 0.6) is 0 Å². The lowest BCUT2D eigenvalue weighted by atomic mass is 10.0. The molecule has 0 aliphatic rings. The van der Waals surface area contributed by atoms with Gasteiger partial charge in [0.1, 0.15) is 0 Å². The molecule has 0 saturated heterocycles. The summed E-state index contributed by atoms with van der Waals surface area (Å²) < 4.78 is 0. The number of hydrogen-bond acceptors (Lipinski definition) is 3. The van der Waals surface area contributed by atoms with Crippen LogP contribution in [0.2, 0.25) is 0 Å². The first-order chi connectivity index (χ1) is 15.1. The number of para-hydroxylation sites is 2. The van der Waals surface area contributed by atoms with Crippen molar-refractivity contribution in [3.05, 3.63) is 120 Å². The van der Waals surface area contributed by atoms with E-state index in [1.807, 2.05) is 60.7 Å². The molecule has 0 bridgehead atoms. The largest absolute Gasteiger partial charge is 0.399 e. The van der Waals surface area contributed by atoms with Crippen molar-refractivity contribution in [3.8, 4) is 0 Å². The van der Waals surface area contributed by atoms with E-state index in [2.05, 4.69) is 5.32 Å². The zero-order valence-corrected chi connectivity index (χ0v) is 16.7. The van der Waals surface area contributed by atoms with E-state index >= 15 is 0 Å². The maximum atomic E-state index is 13.7. The van der Waals surface area contributed by atoms with E-state index in [0.29, 0.717) is 28.3 Å². The molecule has 31 heavy (non-hydrogen) atoms. The Labute approximate surface area is 180 Å². The lowest BCUT2D eigenvalue weighted by Gasteiger charge is -2.24. The Morgan fingerprint density at radius 1 is 0.645 bits per heavy atom. The molecule has 152 valence electrons. The number of amides is 2. The Morgan fingerprint density at radius 2 is 1.19 bits per heavy atom. The maximum absolute atomic E-state index is 13.7. The molecule has 5 nitrogen and oxygen atoms in total. The van der Waals surface area contributed by atoms with E-state index in [9.17, 15) is 9.59 Å². The van der Waals surface area contributed by atoms with E-state index in [4.69, 9.17) is 5.73 Å². The number of nitrogen functional groups attached to an aromatic ring is 1. The van der Waals surface area contributed by atoms with Gasteiger partial charge in [-0.05, 0) is 54.6 Å². The predicted octanol–water partition coefficient (Wildman–Crippen LogP) is 5.50. The van der Waals surface area contributed by atoms with Gasteiger partial charge in [0.2, 0.25) is 0 Å². The molecule has 0 heterocycles. The Morgan fingerprint density at radius 3 is 1.77 bits per heavy atom. The number of anilines is 4. The molecule has 4 rings (SSSR count). The van der Waals surface area contributed by atoms with E-state index in [1.54, 1.807) is 53.4 Å². The van der Waals surface area contributed by atoms with Gasteiger partial charge in [0.05, 0.1) is 11.1 Å². The molecule has 0 fully saturated rings. The molecule has 3 N–H and O–H groups in total. The summed E-state index contributed by atoms with van der Waals surface area (Å²) in [6, 6.07) is 32.4. The van der Waals surface area contributed by atoms with Gasteiger partial charge in [-0.15, -0.1) is 0 Å². The molecular formula is C26H21N3O2. The summed E-state index contributed by atoms with van der Waals surface area (Å²) in [4.78, 5) is 28.3. The third-order valence-electron chi connectivity index (χ3n) is 4.78. The summed E-state index contributed by atoms with van der Waals surface area (Å²) in [6.45, 7) is 0. The molecule has 0 aliphatic heterocycles. The van der Waals surface area contributed by atoms with Crippen molar-refractivity contribution < 1.29 is 9.59 Å². The van der Waals surface area contributed by atoms with Crippen molar-refractivity contribution in [3.63, 3.8) is 0 Å². The third-order valence-corrected chi connectivity index (χ3v) is 4.78. The third kappa shape index (κ3) is 4.46. The number of nitrogens with one attached hydrogen (secondary N) is 1. The average Bonchev–Trinajstić information content (AvgIpc) is 2.80. The highest BCUT2D eigenvalue weighted by molar-refractivity contribution is 6.18. The van der Waals surface area contributed by atoms with Gasteiger partial charge in [-0.25, -0.2) is 0 Å². The second-order valence-corrected chi connectivity index (χ2v) is 6.94. The average molecular weight is 407 g/mol. The van der Waals surface area contributed by atoms with Crippen molar-refractivity contribution in [2.45, 2.75) is 0 Å². The highest BCUT2D eigenvalue weighted by Crippen LogP contribution is 2.28. The lowest BCUT2D eigenvalue weighted by molar-refractivity contribution is 0.0976. The van der Waals surface area contributed by atoms with Crippen molar-refractivity contribution in [2.24, 2.45) is 0 Å². The van der Waals surface area contributed by atoms with Gasteiger partial charge >= 0.3 is 0 Å². The maximum Gasteiger partial charge on any atom is 0.263 e. The molecule has 0 atom stereocenters. The summed E-state index contributed by atoms with van der Waals surface area (Å²) in [5.74, 6) is -0.675. The smallest absolute Gasteiger partial charge is 0.263 e. The lowest BCUT2D eigenvalue weighted by Crippen LogP contribution is -2.28. The minimum Gasteiger partial charge on any atom is -0.399 e. The standard InChI is InChI=1S/C26H21N3O2/c27-19-10-9-11-20(18-19)28-25(30)23-16-7-8-17-24(23)26(31)29(21-12-3-1-4-13-21)22-14-5-2-6-15-22/h1-18H,27H2,(H,28,30). The normalized spacial score (nSPS) is 10.3. The number of rotatable bonds is 5. The monoisotopic (exact) mass is 407 g/mol. The van der Waals surface area contributed by atoms with Crippen LogP contribution in [0.1, 0.15) is 20.7 Å². The minimum atomic E-state index is -0.379. The first-order valence-electron chi connectivity index (χ1n) is 9.84. The van der Waals surface area contributed by atoms with Crippen LogP contribution in [0.4, 0.5) is 22.7 Å². The Hall–Kier alpha value is -4.38. The molecular weight excluding hydrogens is 386 g/mol. The molecule has 0 saturated carbocycles. The molecule has 2 amide bonds. The van der Waals surface area contributed by atoms with Gasteiger partial charge in [0, 0.05) is 22.7 Å². The number of nitrogens with zero attached hydrogens (tertiary/aromatic N) is 1. The summed E-state index contributed by atoms with van der Waals surface area (Å²) in [6.07, 6.45) is 0. The van der Waals surface area contributed by atoms with Gasteiger partial charge in [-0.2, -0.15) is 0 Å². The van der Waals surface area contributed by atoms with Crippen LogP contribution in [-0.4, -0.2) is 11.8 Å². The Balaban J connectivity index is 1.73. The molecule has 4 aromatic carbocycles. The quantitative estimate of drug-likeness (QED) is 0.429. The van der Waals surface area contributed by atoms with Crippen molar-refractivity contribution >= 4 is 34.6 Å².